The minimum atomic E-state index is 0.350. The van der Waals surface area contributed by atoms with E-state index in [-0.39, 0.29) is 0 Å². The predicted molar refractivity (Wildman–Crippen MR) is 88.0 cm³/mol. The SMILES string of the molecule is CC(C)(C)C1CCCCC1Nc1cccc(Cl)c1Br. The van der Waals surface area contributed by atoms with Crippen LogP contribution in [0.2, 0.25) is 5.02 Å². The van der Waals surface area contributed by atoms with Gasteiger partial charge in [-0.15, -0.1) is 0 Å². The van der Waals surface area contributed by atoms with Crippen LogP contribution in [0.4, 0.5) is 5.69 Å². The highest BCUT2D eigenvalue weighted by atomic mass is 79.9. The maximum Gasteiger partial charge on any atom is 0.0593 e. The first kappa shape index (κ1) is 15.2. The van der Waals surface area contributed by atoms with E-state index in [1.165, 1.54) is 25.7 Å². The zero-order valence-electron chi connectivity index (χ0n) is 12.0. The first-order chi connectivity index (χ1) is 8.89. The summed E-state index contributed by atoms with van der Waals surface area (Å²) in [5.74, 6) is 0.715. The molecule has 19 heavy (non-hydrogen) atoms. The van der Waals surface area contributed by atoms with Crippen molar-refractivity contribution >= 4 is 33.2 Å². The summed E-state index contributed by atoms with van der Waals surface area (Å²) < 4.78 is 0.981. The number of benzene rings is 1. The molecule has 1 aromatic carbocycles. The minimum absolute atomic E-state index is 0.350. The largest absolute Gasteiger partial charge is 0.381 e. The van der Waals surface area contributed by atoms with E-state index < -0.39 is 0 Å². The van der Waals surface area contributed by atoms with Gasteiger partial charge < -0.3 is 5.32 Å². The molecule has 0 aliphatic heterocycles. The summed E-state index contributed by atoms with van der Waals surface area (Å²) in [6.45, 7) is 7.06. The van der Waals surface area contributed by atoms with Gasteiger partial charge in [-0.2, -0.15) is 0 Å². The number of rotatable bonds is 2. The Morgan fingerprint density at radius 1 is 1.21 bits per heavy atom. The van der Waals surface area contributed by atoms with Gasteiger partial charge in [0.1, 0.15) is 0 Å². The molecule has 1 aliphatic carbocycles. The molecule has 0 radical (unpaired) electrons. The molecule has 1 nitrogen and oxygen atoms in total. The van der Waals surface area contributed by atoms with E-state index in [4.69, 9.17) is 11.6 Å². The van der Waals surface area contributed by atoms with Crippen molar-refractivity contribution in [1.82, 2.24) is 0 Å². The Balaban J connectivity index is 2.18. The maximum atomic E-state index is 6.17. The fourth-order valence-electron chi connectivity index (χ4n) is 3.16. The monoisotopic (exact) mass is 343 g/mol. The molecule has 0 bridgehead atoms. The van der Waals surface area contributed by atoms with Crippen LogP contribution in [0.25, 0.3) is 0 Å². The molecule has 0 heterocycles. The van der Waals surface area contributed by atoms with Crippen LogP contribution in [0.5, 0.6) is 0 Å². The van der Waals surface area contributed by atoms with Crippen molar-refractivity contribution in [2.45, 2.75) is 52.5 Å². The molecule has 2 atom stereocenters. The molecule has 2 unspecified atom stereocenters. The molecular formula is C16H23BrClN. The van der Waals surface area contributed by atoms with Gasteiger partial charge in [-0.05, 0) is 52.2 Å². The lowest BCUT2D eigenvalue weighted by Crippen LogP contribution is -2.39. The molecule has 0 spiro atoms. The Morgan fingerprint density at radius 2 is 1.89 bits per heavy atom. The molecule has 1 aromatic rings. The van der Waals surface area contributed by atoms with Crippen molar-refractivity contribution in [3.8, 4) is 0 Å². The van der Waals surface area contributed by atoms with E-state index in [0.717, 1.165) is 15.2 Å². The molecule has 0 amide bonds. The second-order valence-electron chi connectivity index (χ2n) is 6.61. The van der Waals surface area contributed by atoms with Gasteiger partial charge in [0, 0.05) is 6.04 Å². The molecular weight excluding hydrogens is 322 g/mol. The van der Waals surface area contributed by atoms with Gasteiger partial charge in [-0.1, -0.05) is 51.3 Å². The highest BCUT2D eigenvalue weighted by Gasteiger charge is 2.34. The second kappa shape index (κ2) is 6.05. The zero-order valence-corrected chi connectivity index (χ0v) is 14.3. The van der Waals surface area contributed by atoms with Crippen LogP contribution < -0.4 is 5.32 Å². The fourth-order valence-corrected chi connectivity index (χ4v) is 3.71. The van der Waals surface area contributed by atoms with Gasteiger partial charge in [0.2, 0.25) is 0 Å². The average Bonchev–Trinajstić information content (AvgIpc) is 2.34. The van der Waals surface area contributed by atoms with Crippen LogP contribution in [-0.2, 0) is 0 Å². The van der Waals surface area contributed by atoms with Crippen LogP contribution >= 0.6 is 27.5 Å². The zero-order chi connectivity index (χ0) is 14.0. The van der Waals surface area contributed by atoms with Crippen LogP contribution in [-0.4, -0.2) is 6.04 Å². The van der Waals surface area contributed by atoms with E-state index in [1.807, 2.05) is 12.1 Å². The first-order valence-corrected chi connectivity index (χ1v) is 8.27. The van der Waals surface area contributed by atoms with Crippen LogP contribution in [0.3, 0.4) is 0 Å². The molecule has 0 saturated heterocycles. The van der Waals surface area contributed by atoms with E-state index in [0.29, 0.717) is 17.4 Å². The molecule has 106 valence electrons. The Labute approximate surface area is 130 Å². The van der Waals surface area contributed by atoms with E-state index in [1.54, 1.807) is 0 Å². The Kier molecular flexibility index (Phi) is 4.84. The summed E-state index contributed by atoms with van der Waals surface area (Å²) >= 11 is 9.75. The molecule has 1 aliphatic rings. The summed E-state index contributed by atoms with van der Waals surface area (Å²) in [6, 6.07) is 6.57. The van der Waals surface area contributed by atoms with Crippen LogP contribution in [0, 0.1) is 11.3 Å². The van der Waals surface area contributed by atoms with Gasteiger partial charge in [-0.25, -0.2) is 0 Å². The van der Waals surface area contributed by atoms with Crippen molar-refractivity contribution in [2.75, 3.05) is 5.32 Å². The third-order valence-electron chi connectivity index (χ3n) is 4.17. The third-order valence-corrected chi connectivity index (χ3v) is 5.57. The van der Waals surface area contributed by atoms with Gasteiger partial charge in [0.25, 0.3) is 0 Å². The van der Waals surface area contributed by atoms with Crippen molar-refractivity contribution in [1.29, 1.82) is 0 Å². The molecule has 1 saturated carbocycles. The smallest absolute Gasteiger partial charge is 0.0593 e. The lowest BCUT2D eigenvalue weighted by atomic mass is 9.69. The quantitative estimate of drug-likeness (QED) is 0.681. The van der Waals surface area contributed by atoms with Crippen molar-refractivity contribution in [3.05, 3.63) is 27.7 Å². The highest BCUT2D eigenvalue weighted by molar-refractivity contribution is 9.10. The van der Waals surface area contributed by atoms with E-state index in [9.17, 15) is 0 Å². The number of hydrogen-bond acceptors (Lipinski definition) is 1. The van der Waals surface area contributed by atoms with Gasteiger partial charge in [0.05, 0.1) is 15.2 Å². The lowest BCUT2D eigenvalue weighted by Gasteiger charge is -2.41. The predicted octanol–water partition coefficient (Wildman–Crippen LogP) is 6.12. The summed E-state index contributed by atoms with van der Waals surface area (Å²) in [5.41, 5.74) is 1.47. The Morgan fingerprint density at radius 3 is 2.58 bits per heavy atom. The number of nitrogens with one attached hydrogen (secondary N) is 1. The number of anilines is 1. The van der Waals surface area contributed by atoms with Gasteiger partial charge >= 0.3 is 0 Å². The summed E-state index contributed by atoms with van der Waals surface area (Å²) in [4.78, 5) is 0. The minimum Gasteiger partial charge on any atom is -0.381 e. The lowest BCUT2D eigenvalue weighted by molar-refractivity contribution is 0.163. The topological polar surface area (TPSA) is 12.0 Å². The normalized spacial score (nSPS) is 24.3. The van der Waals surface area contributed by atoms with E-state index >= 15 is 0 Å². The van der Waals surface area contributed by atoms with E-state index in [2.05, 4.69) is 48.1 Å². The number of hydrogen-bond donors (Lipinski definition) is 1. The molecule has 1 N–H and O–H groups in total. The Bertz CT molecular complexity index is 439. The molecule has 2 rings (SSSR count). The molecule has 3 heteroatoms. The number of halogens is 2. The standard InChI is InChI=1S/C16H23BrClN/c1-16(2,3)11-7-4-5-9-13(11)19-14-10-6-8-12(18)15(14)17/h6,8,10-11,13,19H,4-5,7,9H2,1-3H3. The fraction of sp³-hybridized carbons (Fsp3) is 0.625. The van der Waals surface area contributed by atoms with Crippen molar-refractivity contribution in [3.63, 3.8) is 0 Å². The first-order valence-electron chi connectivity index (χ1n) is 7.10. The average molecular weight is 345 g/mol. The van der Waals surface area contributed by atoms with Crippen LogP contribution in [0.15, 0.2) is 22.7 Å². The summed E-state index contributed by atoms with van der Waals surface area (Å²) in [6.07, 6.45) is 5.25. The van der Waals surface area contributed by atoms with Gasteiger partial charge in [0.15, 0.2) is 0 Å². The summed E-state index contributed by atoms with van der Waals surface area (Å²) in [7, 11) is 0. The molecule has 1 fully saturated rings. The van der Waals surface area contributed by atoms with Gasteiger partial charge in [-0.3, -0.25) is 0 Å². The maximum absolute atomic E-state index is 6.17. The third kappa shape index (κ3) is 3.66. The highest BCUT2D eigenvalue weighted by Crippen LogP contribution is 2.40. The second-order valence-corrected chi connectivity index (χ2v) is 7.81. The molecule has 0 aromatic heterocycles. The summed E-state index contributed by atoms with van der Waals surface area (Å²) in [5, 5.41) is 4.49. The van der Waals surface area contributed by atoms with Crippen molar-refractivity contribution < 1.29 is 0 Å². The Hall–Kier alpha value is -0.210. The van der Waals surface area contributed by atoms with Crippen LogP contribution in [0.1, 0.15) is 46.5 Å². The van der Waals surface area contributed by atoms with Crippen molar-refractivity contribution in [2.24, 2.45) is 11.3 Å².